The Morgan fingerprint density at radius 1 is 1.05 bits per heavy atom. The zero-order valence-electron chi connectivity index (χ0n) is 12.4. The first kappa shape index (κ1) is 14.1. The highest BCUT2D eigenvalue weighted by molar-refractivity contribution is 5.38. The second-order valence-corrected chi connectivity index (χ2v) is 5.80. The molecule has 21 heavy (non-hydrogen) atoms. The largest absolute Gasteiger partial charge is 0.457 e. The molecule has 0 spiro atoms. The van der Waals surface area contributed by atoms with E-state index in [1.165, 1.54) is 30.0 Å². The number of benzene rings is 2. The van der Waals surface area contributed by atoms with Crippen molar-refractivity contribution in [2.75, 3.05) is 0 Å². The van der Waals surface area contributed by atoms with Crippen LogP contribution in [0.25, 0.3) is 0 Å². The van der Waals surface area contributed by atoms with Gasteiger partial charge in [-0.15, -0.1) is 0 Å². The molecule has 0 amide bonds. The Balaban J connectivity index is 1.75. The highest BCUT2D eigenvalue weighted by atomic mass is 19.1. The van der Waals surface area contributed by atoms with E-state index in [0.717, 1.165) is 11.3 Å². The van der Waals surface area contributed by atoms with E-state index < -0.39 is 0 Å². The van der Waals surface area contributed by atoms with Gasteiger partial charge in [0.15, 0.2) is 0 Å². The fraction of sp³-hybridized carbons (Fsp3) is 0.333. The van der Waals surface area contributed by atoms with Crippen LogP contribution in [-0.2, 0) is 6.54 Å². The van der Waals surface area contributed by atoms with Crippen LogP contribution in [0.3, 0.4) is 0 Å². The fourth-order valence-electron chi connectivity index (χ4n) is 2.24. The van der Waals surface area contributed by atoms with Crippen LogP contribution < -0.4 is 10.1 Å². The molecule has 0 bridgehead atoms. The second kappa shape index (κ2) is 5.86. The van der Waals surface area contributed by atoms with E-state index in [1.807, 2.05) is 31.2 Å². The molecule has 0 heterocycles. The molecule has 0 unspecified atom stereocenters. The van der Waals surface area contributed by atoms with Crippen LogP contribution in [0.2, 0.25) is 0 Å². The van der Waals surface area contributed by atoms with Gasteiger partial charge in [-0.25, -0.2) is 4.39 Å². The van der Waals surface area contributed by atoms with Gasteiger partial charge < -0.3 is 10.1 Å². The maximum absolute atomic E-state index is 13.7. The Morgan fingerprint density at radius 2 is 1.86 bits per heavy atom. The van der Waals surface area contributed by atoms with Crippen molar-refractivity contribution in [2.24, 2.45) is 0 Å². The smallest absolute Gasteiger partial charge is 0.130 e. The summed E-state index contributed by atoms with van der Waals surface area (Å²) in [6.45, 7) is 4.79. The zero-order chi connectivity index (χ0) is 14.8. The summed E-state index contributed by atoms with van der Waals surface area (Å²) in [4.78, 5) is 0. The molecule has 0 radical (unpaired) electrons. The lowest BCUT2D eigenvalue weighted by Crippen LogP contribution is -2.15. The third-order valence-electron chi connectivity index (χ3n) is 3.82. The first-order valence-electron chi connectivity index (χ1n) is 7.38. The van der Waals surface area contributed by atoms with Gasteiger partial charge in [0.2, 0.25) is 0 Å². The van der Waals surface area contributed by atoms with E-state index in [0.29, 0.717) is 18.3 Å². The van der Waals surface area contributed by atoms with Crippen LogP contribution >= 0.6 is 0 Å². The van der Waals surface area contributed by atoms with Crippen molar-refractivity contribution >= 4 is 0 Å². The monoisotopic (exact) mass is 285 g/mol. The summed E-state index contributed by atoms with van der Waals surface area (Å²) >= 11 is 0. The standard InChI is InChI=1S/C18H20FNO/c1-12-3-6-17(7-13(12)2)21-18-9-14(8-15(19)10-18)11-20-16-4-5-16/h3,6-10,16,20H,4-5,11H2,1-2H3. The van der Waals surface area contributed by atoms with Crippen molar-refractivity contribution in [3.63, 3.8) is 0 Å². The highest BCUT2D eigenvalue weighted by Crippen LogP contribution is 2.26. The Kier molecular flexibility index (Phi) is 3.93. The normalized spacial score (nSPS) is 14.2. The molecule has 0 aliphatic heterocycles. The molecule has 3 heteroatoms. The molecule has 1 saturated carbocycles. The SMILES string of the molecule is Cc1ccc(Oc2cc(F)cc(CNC3CC3)c2)cc1C. The molecule has 0 aromatic heterocycles. The Morgan fingerprint density at radius 3 is 2.57 bits per heavy atom. The minimum atomic E-state index is -0.260. The van der Waals surface area contributed by atoms with Crippen LogP contribution in [0.15, 0.2) is 36.4 Å². The van der Waals surface area contributed by atoms with Crippen molar-refractivity contribution in [1.29, 1.82) is 0 Å². The van der Waals surface area contributed by atoms with Crippen LogP contribution in [0.5, 0.6) is 11.5 Å². The van der Waals surface area contributed by atoms with Crippen molar-refractivity contribution in [3.05, 3.63) is 58.9 Å². The van der Waals surface area contributed by atoms with E-state index in [1.54, 1.807) is 6.07 Å². The second-order valence-electron chi connectivity index (χ2n) is 5.80. The first-order valence-corrected chi connectivity index (χ1v) is 7.38. The van der Waals surface area contributed by atoms with Crippen LogP contribution in [0.1, 0.15) is 29.5 Å². The molecular formula is C18H20FNO. The minimum absolute atomic E-state index is 0.260. The topological polar surface area (TPSA) is 21.3 Å². The van der Waals surface area contributed by atoms with E-state index in [-0.39, 0.29) is 5.82 Å². The molecule has 1 aliphatic carbocycles. The van der Waals surface area contributed by atoms with Crippen molar-refractivity contribution in [2.45, 2.75) is 39.3 Å². The number of rotatable bonds is 5. The van der Waals surface area contributed by atoms with Gasteiger partial charge in [0, 0.05) is 18.7 Å². The third-order valence-corrected chi connectivity index (χ3v) is 3.82. The number of aryl methyl sites for hydroxylation is 2. The number of ether oxygens (including phenoxy) is 1. The maximum Gasteiger partial charge on any atom is 0.130 e. The molecule has 1 N–H and O–H groups in total. The summed E-state index contributed by atoms with van der Waals surface area (Å²) in [6.07, 6.45) is 2.45. The van der Waals surface area contributed by atoms with Crippen molar-refractivity contribution < 1.29 is 9.13 Å². The number of halogens is 1. The van der Waals surface area contributed by atoms with Gasteiger partial charge in [-0.3, -0.25) is 0 Å². The minimum Gasteiger partial charge on any atom is -0.457 e. The van der Waals surface area contributed by atoms with E-state index in [2.05, 4.69) is 12.2 Å². The highest BCUT2D eigenvalue weighted by Gasteiger charge is 2.20. The molecule has 1 aliphatic rings. The molecule has 0 atom stereocenters. The number of hydrogen-bond acceptors (Lipinski definition) is 2. The third kappa shape index (κ3) is 3.82. The molecule has 0 saturated heterocycles. The Hall–Kier alpha value is -1.87. The first-order chi connectivity index (χ1) is 10.1. The average Bonchev–Trinajstić information content (AvgIpc) is 3.24. The molecule has 110 valence electrons. The molecule has 2 aromatic rings. The summed E-state index contributed by atoms with van der Waals surface area (Å²) in [5.41, 5.74) is 3.30. The summed E-state index contributed by atoms with van der Waals surface area (Å²) in [5, 5.41) is 3.39. The van der Waals surface area contributed by atoms with Gasteiger partial charge in [-0.2, -0.15) is 0 Å². The summed E-state index contributed by atoms with van der Waals surface area (Å²) < 4.78 is 19.5. The van der Waals surface area contributed by atoms with Gasteiger partial charge in [0.05, 0.1) is 0 Å². The van der Waals surface area contributed by atoms with Crippen molar-refractivity contribution in [3.8, 4) is 11.5 Å². The number of hydrogen-bond donors (Lipinski definition) is 1. The zero-order valence-corrected chi connectivity index (χ0v) is 12.4. The molecule has 2 nitrogen and oxygen atoms in total. The lowest BCUT2D eigenvalue weighted by atomic mass is 10.1. The van der Waals surface area contributed by atoms with Gasteiger partial charge in [-0.05, 0) is 67.6 Å². The van der Waals surface area contributed by atoms with Gasteiger partial charge in [-0.1, -0.05) is 6.07 Å². The molecular weight excluding hydrogens is 265 g/mol. The molecule has 2 aromatic carbocycles. The summed E-state index contributed by atoms with van der Waals surface area (Å²) in [5.74, 6) is 1.03. The van der Waals surface area contributed by atoms with Crippen LogP contribution in [0, 0.1) is 19.7 Å². The Bertz CT molecular complexity index is 650. The summed E-state index contributed by atoms with van der Waals surface area (Å²) in [6, 6.07) is 11.4. The van der Waals surface area contributed by atoms with Crippen LogP contribution in [-0.4, -0.2) is 6.04 Å². The lowest BCUT2D eigenvalue weighted by Gasteiger charge is -2.10. The van der Waals surface area contributed by atoms with E-state index in [4.69, 9.17) is 4.74 Å². The quantitative estimate of drug-likeness (QED) is 0.874. The lowest BCUT2D eigenvalue weighted by molar-refractivity contribution is 0.474. The fourth-order valence-corrected chi connectivity index (χ4v) is 2.24. The number of nitrogens with one attached hydrogen (secondary N) is 1. The van der Waals surface area contributed by atoms with Gasteiger partial charge in [0.25, 0.3) is 0 Å². The average molecular weight is 285 g/mol. The van der Waals surface area contributed by atoms with E-state index in [9.17, 15) is 4.39 Å². The molecule has 1 fully saturated rings. The predicted molar refractivity (Wildman–Crippen MR) is 82.3 cm³/mol. The maximum atomic E-state index is 13.7. The van der Waals surface area contributed by atoms with Crippen LogP contribution in [0.4, 0.5) is 4.39 Å². The van der Waals surface area contributed by atoms with Crippen molar-refractivity contribution in [1.82, 2.24) is 5.32 Å². The summed E-state index contributed by atoms with van der Waals surface area (Å²) in [7, 11) is 0. The Labute approximate surface area is 125 Å². The van der Waals surface area contributed by atoms with E-state index >= 15 is 0 Å². The predicted octanol–water partition coefficient (Wildman–Crippen LogP) is 4.49. The van der Waals surface area contributed by atoms with Gasteiger partial charge in [0.1, 0.15) is 17.3 Å². The van der Waals surface area contributed by atoms with Gasteiger partial charge >= 0.3 is 0 Å². The molecule has 3 rings (SSSR count).